The molecule has 1 aromatic heterocycles. The van der Waals surface area contributed by atoms with Crippen molar-refractivity contribution >= 4 is 5.97 Å². The molecule has 0 unspecified atom stereocenters. The van der Waals surface area contributed by atoms with Crippen molar-refractivity contribution in [1.29, 1.82) is 0 Å². The van der Waals surface area contributed by atoms with E-state index in [0.29, 0.717) is 5.56 Å². The minimum Gasteiger partial charge on any atom is -0.459 e. The van der Waals surface area contributed by atoms with Gasteiger partial charge in [0.25, 0.3) is 0 Å². The molecule has 0 aliphatic carbocycles. The number of esters is 1. The van der Waals surface area contributed by atoms with Crippen LogP contribution in [0.2, 0.25) is 0 Å². The third-order valence-corrected chi connectivity index (χ3v) is 2.35. The van der Waals surface area contributed by atoms with Gasteiger partial charge in [0.1, 0.15) is 0 Å². The fraction of sp³-hybridized carbons (Fsp3) is 0.214. The quantitative estimate of drug-likeness (QED) is 0.757. The van der Waals surface area contributed by atoms with Crippen LogP contribution < -0.4 is 0 Å². The molecule has 88 valence electrons. The van der Waals surface area contributed by atoms with Crippen LogP contribution in [-0.2, 0) is 4.74 Å². The SMILES string of the molecule is CC(C)OC(=O)c1ccc(-n2cccc2)cc1. The van der Waals surface area contributed by atoms with Crippen molar-refractivity contribution in [2.45, 2.75) is 20.0 Å². The average Bonchev–Trinajstić information content (AvgIpc) is 2.82. The number of aromatic nitrogens is 1. The highest BCUT2D eigenvalue weighted by Gasteiger charge is 2.08. The van der Waals surface area contributed by atoms with E-state index in [1.54, 1.807) is 12.1 Å². The second-order valence-corrected chi connectivity index (χ2v) is 4.09. The van der Waals surface area contributed by atoms with E-state index < -0.39 is 0 Å². The van der Waals surface area contributed by atoms with E-state index in [1.165, 1.54) is 0 Å². The van der Waals surface area contributed by atoms with Crippen molar-refractivity contribution in [3.63, 3.8) is 0 Å². The smallest absolute Gasteiger partial charge is 0.338 e. The number of benzene rings is 1. The molecule has 0 aliphatic heterocycles. The number of nitrogens with zero attached hydrogens (tertiary/aromatic N) is 1. The maximum atomic E-state index is 11.6. The number of hydrogen-bond acceptors (Lipinski definition) is 2. The Morgan fingerprint density at radius 2 is 1.71 bits per heavy atom. The molecule has 3 nitrogen and oxygen atoms in total. The zero-order valence-electron chi connectivity index (χ0n) is 9.96. The maximum absolute atomic E-state index is 11.6. The van der Waals surface area contributed by atoms with Crippen molar-refractivity contribution in [2.24, 2.45) is 0 Å². The number of carbonyl (C=O) groups is 1. The van der Waals surface area contributed by atoms with E-state index in [0.717, 1.165) is 5.69 Å². The van der Waals surface area contributed by atoms with Gasteiger partial charge >= 0.3 is 5.97 Å². The van der Waals surface area contributed by atoms with Gasteiger partial charge in [-0.2, -0.15) is 0 Å². The van der Waals surface area contributed by atoms with E-state index >= 15 is 0 Å². The molecule has 0 saturated heterocycles. The van der Waals surface area contributed by atoms with Gasteiger partial charge in [-0.1, -0.05) is 0 Å². The van der Waals surface area contributed by atoms with Crippen LogP contribution in [-0.4, -0.2) is 16.6 Å². The lowest BCUT2D eigenvalue weighted by Gasteiger charge is -2.08. The van der Waals surface area contributed by atoms with Crippen molar-refractivity contribution in [2.75, 3.05) is 0 Å². The first kappa shape index (κ1) is 11.5. The van der Waals surface area contributed by atoms with Gasteiger partial charge in [-0.3, -0.25) is 0 Å². The topological polar surface area (TPSA) is 31.2 Å². The summed E-state index contributed by atoms with van der Waals surface area (Å²) in [6, 6.07) is 11.3. The van der Waals surface area contributed by atoms with Crippen LogP contribution in [0.3, 0.4) is 0 Å². The predicted octanol–water partition coefficient (Wildman–Crippen LogP) is 3.04. The molecule has 0 fully saturated rings. The van der Waals surface area contributed by atoms with Gasteiger partial charge in [0, 0.05) is 18.1 Å². The Balaban J connectivity index is 2.16. The fourth-order valence-electron chi connectivity index (χ4n) is 1.56. The second kappa shape index (κ2) is 4.87. The Morgan fingerprint density at radius 1 is 1.12 bits per heavy atom. The lowest BCUT2D eigenvalue weighted by molar-refractivity contribution is 0.0378. The largest absolute Gasteiger partial charge is 0.459 e. The normalized spacial score (nSPS) is 10.5. The highest BCUT2D eigenvalue weighted by molar-refractivity contribution is 5.89. The van der Waals surface area contributed by atoms with Crippen molar-refractivity contribution in [1.82, 2.24) is 4.57 Å². The second-order valence-electron chi connectivity index (χ2n) is 4.09. The third-order valence-electron chi connectivity index (χ3n) is 2.35. The van der Waals surface area contributed by atoms with Gasteiger partial charge in [0.15, 0.2) is 0 Å². The molecular formula is C14H15NO2. The zero-order chi connectivity index (χ0) is 12.3. The van der Waals surface area contributed by atoms with E-state index in [9.17, 15) is 4.79 Å². The molecule has 0 saturated carbocycles. The molecule has 1 heterocycles. The fourth-order valence-corrected chi connectivity index (χ4v) is 1.56. The number of ether oxygens (including phenoxy) is 1. The molecule has 2 aromatic rings. The van der Waals surface area contributed by atoms with Crippen molar-refractivity contribution in [3.05, 3.63) is 54.4 Å². The molecule has 0 spiro atoms. The van der Waals surface area contributed by atoms with Gasteiger partial charge in [-0.15, -0.1) is 0 Å². The summed E-state index contributed by atoms with van der Waals surface area (Å²) in [6.07, 6.45) is 3.83. The van der Waals surface area contributed by atoms with Crippen molar-refractivity contribution < 1.29 is 9.53 Å². The van der Waals surface area contributed by atoms with Gasteiger partial charge < -0.3 is 9.30 Å². The molecule has 0 N–H and O–H groups in total. The molecule has 0 bridgehead atoms. The Hall–Kier alpha value is -2.03. The van der Waals surface area contributed by atoms with E-state index in [4.69, 9.17) is 4.74 Å². The molecule has 0 amide bonds. The maximum Gasteiger partial charge on any atom is 0.338 e. The van der Waals surface area contributed by atoms with Gasteiger partial charge in [-0.25, -0.2) is 4.79 Å². The monoisotopic (exact) mass is 229 g/mol. The molecule has 2 rings (SSSR count). The van der Waals surface area contributed by atoms with Crippen LogP contribution in [0.1, 0.15) is 24.2 Å². The number of rotatable bonds is 3. The first-order valence-electron chi connectivity index (χ1n) is 5.61. The summed E-state index contributed by atoms with van der Waals surface area (Å²) in [5.41, 5.74) is 1.60. The van der Waals surface area contributed by atoms with Gasteiger partial charge in [-0.05, 0) is 50.2 Å². The van der Waals surface area contributed by atoms with Gasteiger partial charge in [0.2, 0.25) is 0 Å². The Labute approximate surface area is 101 Å². The van der Waals surface area contributed by atoms with E-state index in [-0.39, 0.29) is 12.1 Å². The number of hydrogen-bond donors (Lipinski definition) is 0. The van der Waals surface area contributed by atoms with Crippen molar-refractivity contribution in [3.8, 4) is 5.69 Å². The summed E-state index contributed by atoms with van der Waals surface area (Å²) in [6.45, 7) is 3.68. The molecule has 0 radical (unpaired) electrons. The zero-order valence-corrected chi connectivity index (χ0v) is 9.96. The molecular weight excluding hydrogens is 214 g/mol. The summed E-state index contributed by atoms with van der Waals surface area (Å²) < 4.78 is 7.10. The van der Waals surface area contributed by atoms with Crippen LogP contribution >= 0.6 is 0 Å². The lowest BCUT2D eigenvalue weighted by Crippen LogP contribution is -2.11. The lowest BCUT2D eigenvalue weighted by atomic mass is 10.2. The molecule has 3 heteroatoms. The molecule has 0 atom stereocenters. The number of carbonyl (C=O) groups excluding carboxylic acids is 1. The third kappa shape index (κ3) is 2.75. The van der Waals surface area contributed by atoms with Crippen LogP contribution in [0.15, 0.2) is 48.8 Å². The van der Waals surface area contributed by atoms with E-state index in [2.05, 4.69) is 0 Å². The summed E-state index contributed by atoms with van der Waals surface area (Å²) in [5, 5.41) is 0. The Bertz CT molecular complexity index is 483. The Kier molecular flexibility index (Phi) is 3.28. The first-order valence-corrected chi connectivity index (χ1v) is 5.61. The van der Waals surface area contributed by atoms with Crippen LogP contribution in [0.4, 0.5) is 0 Å². The first-order chi connectivity index (χ1) is 8.16. The van der Waals surface area contributed by atoms with Gasteiger partial charge in [0.05, 0.1) is 11.7 Å². The average molecular weight is 229 g/mol. The van der Waals surface area contributed by atoms with Crippen LogP contribution in [0.25, 0.3) is 5.69 Å². The molecule has 1 aromatic carbocycles. The Morgan fingerprint density at radius 3 is 2.24 bits per heavy atom. The van der Waals surface area contributed by atoms with E-state index in [1.807, 2.05) is 55.1 Å². The highest BCUT2D eigenvalue weighted by Crippen LogP contribution is 2.11. The summed E-state index contributed by atoms with van der Waals surface area (Å²) >= 11 is 0. The standard InChI is InChI=1S/C14H15NO2/c1-11(2)17-14(16)12-5-7-13(8-6-12)15-9-3-4-10-15/h3-11H,1-2H3. The summed E-state index contributed by atoms with van der Waals surface area (Å²) in [4.78, 5) is 11.6. The van der Waals surface area contributed by atoms with Crippen LogP contribution in [0, 0.1) is 0 Å². The van der Waals surface area contributed by atoms with Crippen LogP contribution in [0.5, 0.6) is 0 Å². The summed E-state index contributed by atoms with van der Waals surface area (Å²) in [7, 11) is 0. The summed E-state index contributed by atoms with van der Waals surface area (Å²) in [5.74, 6) is -0.279. The molecule has 0 aliphatic rings. The highest BCUT2D eigenvalue weighted by atomic mass is 16.5. The predicted molar refractivity (Wildman–Crippen MR) is 66.3 cm³/mol. The molecule has 17 heavy (non-hydrogen) atoms. The minimum absolute atomic E-state index is 0.0911. The minimum atomic E-state index is -0.279.